The molecule has 0 aliphatic heterocycles. The Bertz CT molecular complexity index is 543. The van der Waals surface area contributed by atoms with Crippen molar-refractivity contribution in [2.75, 3.05) is 17.6 Å². The predicted octanol–water partition coefficient (Wildman–Crippen LogP) is 2.37. The van der Waals surface area contributed by atoms with Gasteiger partial charge in [0.25, 0.3) is 0 Å². The highest BCUT2D eigenvalue weighted by Crippen LogP contribution is 2.29. The van der Waals surface area contributed by atoms with Crippen LogP contribution in [0, 0.1) is 0 Å². The number of nitrogens with one attached hydrogen (secondary N) is 1. The van der Waals surface area contributed by atoms with Gasteiger partial charge in [-0.25, -0.2) is 4.98 Å². The average molecular weight is 296 g/mol. The number of halogens is 1. The number of rotatable bonds is 3. The summed E-state index contributed by atoms with van der Waals surface area (Å²) in [5, 5.41) is 14.4. The number of anilines is 2. The summed E-state index contributed by atoms with van der Waals surface area (Å²) in [6.45, 7) is 2.19. The minimum Gasteiger partial charge on any atom is -0.399 e. The van der Waals surface area contributed by atoms with Crippen LogP contribution in [0.3, 0.4) is 0 Å². The molecule has 4 N–H and O–H groups in total. The Morgan fingerprint density at radius 1 is 1.47 bits per heavy atom. The van der Waals surface area contributed by atoms with Gasteiger partial charge in [-0.05, 0) is 41.1 Å². The Balaban J connectivity index is 2.47. The van der Waals surface area contributed by atoms with Gasteiger partial charge in [0, 0.05) is 33.7 Å². The Morgan fingerprint density at radius 2 is 2.24 bits per heavy atom. The lowest BCUT2D eigenvalue weighted by Gasteiger charge is -2.11. The number of aliphatic hydroxyl groups is 1. The zero-order valence-electron chi connectivity index (χ0n) is 9.44. The van der Waals surface area contributed by atoms with Gasteiger partial charge in [-0.2, -0.15) is 0 Å². The van der Waals surface area contributed by atoms with Crippen LogP contribution in [0.5, 0.6) is 0 Å². The standard InChI is InChI=1S/C12H14BrN3O/c1-7(17)5-15-12-9-3-2-8(14)4-10(9)11(13)6-16-12/h2-4,6-7,17H,5,14H2,1H3,(H,15,16). The Kier molecular flexibility index (Phi) is 3.49. The van der Waals surface area contributed by atoms with E-state index in [-0.39, 0.29) is 0 Å². The second kappa shape index (κ2) is 4.89. The minimum atomic E-state index is -0.413. The third-order valence-corrected chi connectivity index (χ3v) is 3.06. The molecule has 1 heterocycles. The summed E-state index contributed by atoms with van der Waals surface area (Å²) in [6.07, 6.45) is 1.32. The van der Waals surface area contributed by atoms with Crippen LogP contribution in [0.25, 0.3) is 10.8 Å². The number of nitrogens with two attached hydrogens (primary N) is 1. The summed E-state index contributed by atoms with van der Waals surface area (Å²) < 4.78 is 0.905. The third kappa shape index (κ3) is 2.68. The zero-order chi connectivity index (χ0) is 12.4. The van der Waals surface area contributed by atoms with E-state index in [9.17, 15) is 5.11 Å². The van der Waals surface area contributed by atoms with Gasteiger partial charge in [0.15, 0.2) is 0 Å². The third-order valence-electron chi connectivity index (χ3n) is 2.43. The Labute approximate surface area is 108 Å². The first-order valence-electron chi connectivity index (χ1n) is 5.33. The molecule has 0 aliphatic rings. The van der Waals surface area contributed by atoms with E-state index in [0.717, 1.165) is 21.1 Å². The number of fused-ring (bicyclic) bond motifs is 1. The number of aliphatic hydroxyl groups excluding tert-OH is 1. The molecule has 0 fully saturated rings. The topological polar surface area (TPSA) is 71.2 Å². The van der Waals surface area contributed by atoms with Gasteiger partial charge >= 0.3 is 0 Å². The lowest BCUT2D eigenvalue weighted by Crippen LogP contribution is -2.16. The van der Waals surface area contributed by atoms with Crippen LogP contribution in [-0.4, -0.2) is 22.7 Å². The molecule has 2 rings (SSSR count). The van der Waals surface area contributed by atoms with Crippen LogP contribution in [0.1, 0.15) is 6.92 Å². The molecule has 1 atom stereocenters. The van der Waals surface area contributed by atoms with Crippen molar-refractivity contribution in [3.05, 3.63) is 28.9 Å². The number of benzene rings is 1. The largest absolute Gasteiger partial charge is 0.399 e. The normalized spacial score (nSPS) is 12.6. The van der Waals surface area contributed by atoms with E-state index < -0.39 is 6.10 Å². The fraction of sp³-hybridized carbons (Fsp3) is 0.250. The van der Waals surface area contributed by atoms with E-state index in [1.807, 2.05) is 18.2 Å². The molecule has 90 valence electrons. The van der Waals surface area contributed by atoms with Crippen molar-refractivity contribution in [3.8, 4) is 0 Å². The smallest absolute Gasteiger partial charge is 0.133 e. The highest BCUT2D eigenvalue weighted by atomic mass is 79.9. The molecule has 0 aliphatic carbocycles. The van der Waals surface area contributed by atoms with Crippen molar-refractivity contribution in [3.63, 3.8) is 0 Å². The van der Waals surface area contributed by atoms with E-state index in [1.54, 1.807) is 13.1 Å². The maximum absolute atomic E-state index is 9.26. The summed E-state index contributed by atoms with van der Waals surface area (Å²) in [5.41, 5.74) is 6.48. The van der Waals surface area contributed by atoms with Crippen molar-refractivity contribution in [2.45, 2.75) is 13.0 Å². The summed E-state index contributed by atoms with van der Waals surface area (Å²) >= 11 is 3.45. The summed E-state index contributed by atoms with van der Waals surface area (Å²) in [4.78, 5) is 4.30. The van der Waals surface area contributed by atoms with Gasteiger partial charge in [0.2, 0.25) is 0 Å². The van der Waals surface area contributed by atoms with E-state index in [1.165, 1.54) is 0 Å². The van der Waals surface area contributed by atoms with Crippen LogP contribution in [-0.2, 0) is 0 Å². The van der Waals surface area contributed by atoms with E-state index in [0.29, 0.717) is 12.2 Å². The fourth-order valence-electron chi connectivity index (χ4n) is 1.61. The molecular formula is C12H14BrN3O. The maximum Gasteiger partial charge on any atom is 0.133 e. The maximum atomic E-state index is 9.26. The lowest BCUT2D eigenvalue weighted by molar-refractivity contribution is 0.208. The molecule has 1 aromatic carbocycles. The first-order valence-corrected chi connectivity index (χ1v) is 6.13. The van der Waals surface area contributed by atoms with Crippen LogP contribution >= 0.6 is 15.9 Å². The van der Waals surface area contributed by atoms with Gasteiger partial charge in [0.1, 0.15) is 5.82 Å². The molecule has 4 nitrogen and oxygen atoms in total. The second-order valence-corrected chi connectivity index (χ2v) is 4.84. The van der Waals surface area contributed by atoms with E-state index in [4.69, 9.17) is 5.73 Å². The number of pyridine rings is 1. The van der Waals surface area contributed by atoms with Crippen molar-refractivity contribution >= 4 is 38.2 Å². The quantitative estimate of drug-likeness (QED) is 0.760. The molecule has 0 radical (unpaired) electrons. The van der Waals surface area contributed by atoms with Gasteiger partial charge in [-0.15, -0.1) is 0 Å². The predicted molar refractivity (Wildman–Crippen MR) is 74.0 cm³/mol. The van der Waals surface area contributed by atoms with Gasteiger partial charge < -0.3 is 16.2 Å². The van der Waals surface area contributed by atoms with Crippen molar-refractivity contribution in [1.29, 1.82) is 0 Å². The van der Waals surface area contributed by atoms with Crippen LogP contribution in [0.4, 0.5) is 11.5 Å². The SMILES string of the molecule is CC(O)CNc1ncc(Br)c2cc(N)ccc12. The Hall–Kier alpha value is -1.33. The molecular weight excluding hydrogens is 282 g/mol. The van der Waals surface area contributed by atoms with Gasteiger partial charge in [-0.1, -0.05) is 0 Å². The minimum absolute atomic E-state index is 0.413. The van der Waals surface area contributed by atoms with Crippen molar-refractivity contribution < 1.29 is 5.11 Å². The summed E-state index contributed by atoms with van der Waals surface area (Å²) in [7, 11) is 0. The van der Waals surface area contributed by atoms with Crippen molar-refractivity contribution in [2.24, 2.45) is 0 Å². The van der Waals surface area contributed by atoms with Crippen molar-refractivity contribution in [1.82, 2.24) is 4.98 Å². The molecule has 0 saturated heterocycles. The molecule has 2 aromatic rings. The molecule has 0 bridgehead atoms. The number of nitrogens with zero attached hydrogens (tertiary/aromatic N) is 1. The fourth-order valence-corrected chi connectivity index (χ4v) is 2.04. The van der Waals surface area contributed by atoms with E-state index >= 15 is 0 Å². The first kappa shape index (κ1) is 12.1. The molecule has 0 spiro atoms. The lowest BCUT2D eigenvalue weighted by atomic mass is 10.1. The molecule has 1 aromatic heterocycles. The monoisotopic (exact) mass is 295 g/mol. The molecule has 1 unspecified atom stereocenters. The van der Waals surface area contributed by atoms with E-state index in [2.05, 4.69) is 26.2 Å². The van der Waals surface area contributed by atoms with Gasteiger partial charge in [-0.3, -0.25) is 0 Å². The van der Waals surface area contributed by atoms with Crippen LogP contribution < -0.4 is 11.1 Å². The molecule has 17 heavy (non-hydrogen) atoms. The second-order valence-electron chi connectivity index (χ2n) is 3.99. The number of hydrogen-bond acceptors (Lipinski definition) is 4. The number of hydrogen-bond donors (Lipinski definition) is 3. The molecule has 0 amide bonds. The highest BCUT2D eigenvalue weighted by Gasteiger charge is 2.06. The zero-order valence-corrected chi connectivity index (χ0v) is 11.0. The van der Waals surface area contributed by atoms with Crippen LogP contribution in [0.15, 0.2) is 28.9 Å². The molecule has 0 saturated carbocycles. The summed E-state index contributed by atoms with van der Waals surface area (Å²) in [6, 6.07) is 5.66. The molecule has 5 heteroatoms. The highest BCUT2D eigenvalue weighted by molar-refractivity contribution is 9.10. The Morgan fingerprint density at radius 3 is 2.94 bits per heavy atom. The first-order chi connectivity index (χ1) is 8.08. The number of aromatic nitrogens is 1. The summed E-state index contributed by atoms with van der Waals surface area (Å²) in [5.74, 6) is 0.754. The van der Waals surface area contributed by atoms with Gasteiger partial charge in [0.05, 0.1) is 6.10 Å². The average Bonchev–Trinajstić information content (AvgIpc) is 2.28. The number of nitrogen functional groups attached to an aromatic ring is 1. The van der Waals surface area contributed by atoms with Crippen LogP contribution in [0.2, 0.25) is 0 Å².